The van der Waals surface area contributed by atoms with Crippen LogP contribution in [0.4, 0.5) is 0 Å². The number of hydrogen-bond donors (Lipinski definition) is 0. The topological polar surface area (TPSA) is 52.6 Å². The lowest BCUT2D eigenvalue weighted by Gasteiger charge is -2.32. The van der Waals surface area contributed by atoms with Gasteiger partial charge in [0.2, 0.25) is 0 Å². The lowest BCUT2D eigenvalue weighted by Crippen LogP contribution is -2.36. The number of esters is 2. The fourth-order valence-electron chi connectivity index (χ4n) is 1.75. The highest BCUT2D eigenvalue weighted by molar-refractivity contribution is 5.82. The molecular weight excluding hydrogens is 244 g/mol. The van der Waals surface area contributed by atoms with Crippen molar-refractivity contribution < 1.29 is 19.1 Å². The minimum Gasteiger partial charge on any atom is -0.462 e. The molecule has 0 aromatic carbocycles. The van der Waals surface area contributed by atoms with Crippen molar-refractivity contribution in [2.45, 2.75) is 38.7 Å². The number of hydrogen-bond acceptors (Lipinski definition) is 4. The molecule has 0 aliphatic heterocycles. The van der Waals surface area contributed by atoms with E-state index in [0.29, 0.717) is 19.3 Å². The van der Waals surface area contributed by atoms with E-state index < -0.39 is 17.5 Å². The minimum atomic E-state index is -0.710. The molecule has 0 aromatic heterocycles. The molecule has 0 aliphatic rings. The largest absolute Gasteiger partial charge is 0.462 e. The van der Waals surface area contributed by atoms with Crippen LogP contribution >= 0.6 is 0 Å². The molecule has 0 spiro atoms. The molecule has 0 saturated carbocycles. The Kier molecular flexibility index (Phi) is 7.49. The predicted octanol–water partition coefficient (Wildman–Crippen LogP) is 2.95. The van der Waals surface area contributed by atoms with Gasteiger partial charge < -0.3 is 9.47 Å². The van der Waals surface area contributed by atoms with E-state index in [4.69, 9.17) is 9.47 Å². The highest BCUT2D eigenvalue weighted by Crippen LogP contribution is 2.28. The van der Waals surface area contributed by atoms with Crippen molar-refractivity contribution in [3.63, 3.8) is 0 Å². The van der Waals surface area contributed by atoms with Crippen molar-refractivity contribution in [2.24, 2.45) is 0 Å². The van der Waals surface area contributed by atoms with Gasteiger partial charge in [-0.1, -0.05) is 32.2 Å². The van der Waals surface area contributed by atoms with Crippen LogP contribution in [0.1, 0.15) is 33.1 Å². The summed E-state index contributed by atoms with van der Waals surface area (Å²) in [5.41, 5.74) is 0.187. The van der Waals surface area contributed by atoms with E-state index in [-0.39, 0.29) is 6.61 Å². The zero-order chi connectivity index (χ0) is 14.9. The lowest BCUT2D eigenvalue weighted by molar-refractivity contribution is -0.157. The Morgan fingerprint density at radius 2 is 1.79 bits per heavy atom. The van der Waals surface area contributed by atoms with Gasteiger partial charge in [-0.05, 0) is 13.3 Å². The molecule has 0 heterocycles. The SMILES string of the molecule is C=CC(=O)OCCC(CC)(CC(=C)C)OC(=O)C=C. The van der Waals surface area contributed by atoms with Gasteiger partial charge in [-0.15, -0.1) is 0 Å². The molecule has 1 atom stereocenters. The first-order chi connectivity index (χ1) is 8.89. The van der Waals surface area contributed by atoms with Crippen LogP contribution in [-0.2, 0) is 19.1 Å². The molecule has 4 heteroatoms. The fraction of sp³-hybridized carbons (Fsp3) is 0.467. The van der Waals surface area contributed by atoms with E-state index in [0.717, 1.165) is 17.7 Å². The van der Waals surface area contributed by atoms with E-state index >= 15 is 0 Å². The zero-order valence-corrected chi connectivity index (χ0v) is 11.7. The standard InChI is InChI=1S/C15H22O4/c1-6-13(16)18-10-9-15(8-3,11-12(4)5)19-14(17)7-2/h6-7H,1-2,4,8-11H2,3,5H3. The second-order valence-corrected chi connectivity index (χ2v) is 4.42. The average Bonchev–Trinajstić information content (AvgIpc) is 2.37. The van der Waals surface area contributed by atoms with Crippen molar-refractivity contribution >= 4 is 11.9 Å². The van der Waals surface area contributed by atoms with Gasteiger partial charge in [-0.2, -0.15) is 0 Å². The number of ether oxygens (including phenoxy) is 2. The summed E-state index contributed by atoms with van der Waals surface area (Å²) in [5, 5.41) is 0. The van der Waals surface area contributed by atoms with Gasteiger partial charge in [0.25, 0.3) is 0 Å². The summed E-state index contributed by atoms with van der Waals surface area (Å²) in [6, 6.07) is 0. The summed E-state index contributed by atoms with van der Waals surface area (Å²) in [6.45, 7) is 14.5. The maximum atomic E-state index is 11.4. The summed E-state index contributed by atoms with van der Waals surface area (Å²) in [4.78, 5) is 22.4. The Morgan fingerprint density at radius 1 is 1.21 bits per heavy atom. The van der Waals surface area contributed by atoms with Crippen molar-refractivity contribution in [1.82, 2.24) is 0 Å². The Bertz CT molecular complexity index is 370. The maximum absolute atomic E-state index is 11.4. The van der Waals surface area contributed by atoms with E-state index in [9.17, 15) is 9.59 Å². The third-order valence-corrected chi connectivity index (χ3v) is 2.72. The van der Waals surface area contributed by atoms with Gasteiger partial charge in [0.15, 0.2) is 0 Å². The Labute approximate surface area is 114 Å². The summed E-state index contributed by atoms with van der Waals surface area (Å²) in [7, 11) is 0. The van der Waals surface area contributed by atoms with Gasteiger partial charge in [-0.25, -0.2) is 9.59 Å². The highest BCUT2D eigenvalue weighted by Gasteiger charge is 2.32. The van der Waals surface area contributed by atoms with Crippen molar-refractivity contribution in [3.05, 3.63) is 37.5 Å². The molecule has 0 aromatic rings. The van der Waals surface area contributed by atoms with Crippen LogP contribution in [0.25, 0.3) is 0 Å². The monoisotopic (exact) mass is 266 g/mol. The van der Waals surface area contributed by atoms with E-state index in [1.165, 1.54) is 0 Å². The van der Waals surface area contributed by atoms with Crippen LogP contribution in [0.15, 0.2) is 37.5 Å². The first kappa shape index (κ1) is 17.2. The molecule has 4 nitrogen and oxygen atoms in total. The molecule has 0 saturated heterocycles. The third-order valence-electron chi connectivity index (χ3n) is 2.72. The third kappa shape index (κ3) is 6.60. The van der Waals surface area contributed by atoms with Gasteiger partial charge in [0, 0.05) is 25.0 Å². The summed E-state index contributed by atoms with van der Waals surface area (Å²) in [5.74, 6) is -0.978. The van der Waals surface area contributed by atoms with E-state index in [2.05, 4.69) is 19.7 Å². The quantitative estimate of drug-likeness (QED) is 0.366. The fourth-order valence-corrected chi connectivity index (χ4v) is 1.75. The molecule has 0 N–H and O–H groups in total. The molecule has 0 radical (unpaired) electrons. The molecule has 0 bridgehead atoms. The summed E-state index contributed by atoms with van der Waals surface area (Å²) in [6.07, 6.45) is 3.76. The van der Waals surface area contributed by atoms with Crippen LogP contribution in [0.3, 0.4) is 0 Å². The molecule has 0 rings (SSSR count). The van der Waals surface area contributed by atoms with Crippen molar-refractivity contribution in [2.75, 3.05) is 6.61 Å². The Hall–Kier alpha value is -1.84. The lowest BCUT2D eigenvalue weighted by atomic mass is 9.89. The van der Waals surface area contributed by atoms with Crippen LogP contribution in [-0.4, -0.2) is 24.1 Å². The van der Waals surface area contributed by atoms with Crippen LogP contribution in [0.5, 0.6) is 0 Å². The molecule has 19 heavy (non-hydrogen) atoms. The summed E-state index contributed by atoms with van der Waals surface area (Å²) >= 11 is 0. The van der Waals surface area contributed by atoms with E-state index in [1.807, 2.05) is 13.8 Å². The van der Waals surface area contributed by atoms with E-state index in [1.54, 1.807) is 0 Å². The molecular formula is C15H22O4. The number of carbonyl (C=O) groups is 2. The maximum Gasteiger partial charge on any atom is 0.330 e. The molecule has 106 valence electrons. The molecule has 0 amide bonds. The first-order valence-corrected chi connectivity index (χ1v) is 6.18. The molecule has 0 fully saturated rings. The van der Waals surface area contributed by atoms with Gasteiger partial charge in [0.05, 0.1) is 6.61 Å². The predicted molar refractivity (Wildman–Crippen MR) is 74.5 cm³/mol. The Balaban J connectivity index is 4.75. The number of rotatable bonds is 9. The molecule has 0 aliphatic carbocycles. The first-order valence-electron chi connectivity index (χ1n) is 6.18. The van der Waals surface area contributed by atoms with Gasteiger partial charge >= 0.3 is 11.9 Å². The second kappa shape index (κ2) is 8.29. The van der Waals surface area contributed by atoms with Crippen molar-refractivity contribution in [3.8, 4) is 0 Å². The highest BCUT2D eigenvalue weighted by atomic mass is 16.6. The van der Waals surface area contributed by atoms with Gasteiger partial charge in [-0.3, -0.25) is 0 Å². The smallest absolute Gasteiger partial charge is 0.330 e. The van der Waals surface area contributed by atoms with Crippen molar-refractivity contribution in [1.29, 1.82) is 0 Å². The van der Waals surface area contributed by atoms with Crippen LogP contribution < -0.4 is 0 Å². The van der Waals surface area contributed by atoms with Crippen LogP contribution in [0.2, 0.25) is 0 Å². The number of carbonyl (C=O) groups excluding carboxylic acids is 2. The minimum absolute atomic E-state index is 0.163. The zero-order valence-electron chi connectivity index (χ0n) is 11.7. The summed E-state index contributed by atoms with van der Waals surface area (Å²) < 4.78 is 10.4. The van der Waals surface area contributed by atoms with Crippen LogP contribution in [0, 0.1) is 0 Å². The second-order valence-electron chi connectivity index (χ2n) is 4.42. The molecule has 1 unspecified atom stereocenters. The normalized spacial score (nSPS) is 12.9. The average molecular weight is 266 g/mol. The van der Waals surface area contributed by atoms with Gasteiger partial charge in [0.1, 0.15) is 5.60 Å². The Morgan fingerprint density at radius 3 is 2.21 bits per heavy atom.